The van der Waals surface area contributed by atoms with Crippen LogP contribution in [-0.4, -0.2) is 19.1 Å². The predicted octanol–water partition coefficient (Wildman–Crippen LogP) is 3.80. The average Bonchev–Trinajstić information content (AvgIpc) is 2.47. The van der Waals surface area contributed by atoms with Crippen molar-refractivity contribution in [3.63, 3.8) is 0 Å². The van der Waals surface area contributed by atoms with Gasteiger partial charge < -0.3 is 15.8 Å². The zero-order chi connectivity index (χ0) is 16.4. The van der Waals surface area contributed by atoms with E-state index in [1.54, 1.807) is 12.1 Å². The van der Waals surface area contributed by atoms with Gasteiger partial charge in [-0.15, -0.1) is 12.4 Å². The molecule has 0 fully saturated rings. The fourth-order valence-electron chi connectivity index (χ4n) is 2.12. The van der Waals surface area contributed by atoms with Crippen molar-refractivity contribution in [1.82, 2.24) is 5.32 Å². The van der Waals surface area contributed by atoms with Crippen LogP contribution in [0.4, 0.5) is 8.78 Å². The molecule has 0 aliphatic rings. The summed E-state index contributed by atoms with van der Waals surface area (Å²) in [4.78, 5) is 11.8. The summed E-state index contributed by atoms with van der Waals surface area (Å²) < 4.78 is 28.4. The monoisotopic (exact) mass is 350 g/mol. The van der Waals surface area contributed by atoms with E-state index in [1.165, 1.54) is 12.1 Å². The van der Waals surface area contributed by atoms with Crippen molar-refractivity contribution >= 4 is 18.3 Å². The number of hydrogen-bond acceptors (Lipinski definition) is 3. The molecule has 23 heavy (non-hydrogen) atoms. The van der Waals surface area contributed by atoms with Gasteiger partial charge >= 0.3 is 6.61 Å². The number of hydrogen-bond donors (Lipinski definition) is 2. The lowest BCUT2D eigenvalue weighted by atomic mass is 10.1. The number of benzene rings is 1. The summed E-state index contributed by atoms with van der Waals surface area (Å²) in [5, 5.41) is 2.89. The second kappa shape index (κ2) is 12.1. The Hall–Kier alpha value is -1.40. The Morgan fingerprint density at radius 2 is 1.78 bits per heavy atom. The maximum Gasteiger partial charge on any atom is 0.387 e. The average molecular weight is 351 g/mol. The Morgan fingerprint density at radius 3 is 2.35 bits per heavy atom. The zero-order valence-electron chi connectivity index (χ0n) is 13.3. The summed E-state index contributed by atoms with van der Waals surface area (Å²) in [6.45, 7) is -0.286. The van der Waals surface area contributed by atoms with Crippen molar-refractivity contribution in [3.05, 3.63) is 29.8 Å². The van der Waals surface area contributed by atoms with Crippen molar-refractivity contribution in [2.75, 3.05) is 6.54 Å². The summed E-state index contributed by atoms with van der Waals surface area (Å²) in [6, 6.07) is 6.11. The first-order chi connectivity index (χ1) is 10.5. The molecule has 1 aromatic carbocycles. The summed E-state index contributed by atoms with van der Waals surface area (Å²) in [5.74, 6) is 0.102. The minimum Gasteiger partial charge on any atom is -0.435 e. The molecule has 132 valence electrons. The number of rotatable bonds is 10. The lowest BCUT2D eigenvalue weighted by Crippen LogP contribution is -2.26. The van der Waals surface area contributed by atoms with E-state index in [0.717, 1.165) is 31.2 Å². The van der Waals surface area contributed by atoms with Crippen molar-refractivity contribution in [1.29, 1.82) is 0 Å². The number of halogens is 3. The van der Waals surface area contributed by atoms with Gasteiger partial charge in [0, 0.05) is 6.42 Å². The predicted molar refractivity (Wildman–Crippen MR) is 89.0 cm³/mol. The fourth-order valence-corrected chi connectivity index (χ4v) is 2.12. The normalized spacial score (nSPS) is 11.7. The number of nitrogens with two attached hydrogens (primary N) is 1. The minimum atomic E-state index is -2.83. The Bertz CT molecular complexity index is 444. The van der Waals surface area contributed by atoms with Crippen LogP contribution in [0.2, 0.25) is 0 Å². The minimum absolute atomic E-state index is 0. The van der Waals surface area contributed by atoms with Gasteiger partial charge in [0.15, 0.2) is 0 Å². The summed E-state index contributed by atoms with van der Waals surface area (Å²) in [5.41, 5.74) is 6.25. The second-order valence-electron chi connectivity index (χ2n) is 5.19. The molecule has 0 bridgehead atoms. The molecular weight excluding hydrogens is 326 g/mol. The van der Waals surface area contributed by atoms with Crippen LogP contribution in [0, 0.1) is 0 Å². The van der Waals surface area contributed by atoms with Crippen molar-refractivity contribution in [3.8, 4) is 5.75 Å². The molecule has 1 atom stereocenters. The third-order valence-electron chi connectivity index (χ3n) is 3.34. The first kappa shape index (κ1) is 21.6. The highest BCUT2D eigenvalue weighted by atomic mass is 35.5. The lowest BCUT2D eigenvalue weighted by Gasteiger charge is -2.15. The molecule has 1 rings (SSSR count). The van der Waals surface area contributed by atoms with Crippen LogP contribution in [0.3, 0.4) is 0 Å². The molecule has 4 nitrogen and oxygen atoms in total. The molecule has 0 saturated heterocycles. The molecule has 0 aliphatic carbocycles. The van der Waals surface area contributed by atoms with E-state index in [2.05, 4.69) is 10.1 Å². The first-order valence-electron chi connectivity index (χ1n) is 7.57. The molecule has 1 amide bonds. The maximum atomic E-state index is 12.1. The van der Waals surface area contributed by atoms with E-state index >= 15 is 0 Å². The Balaban J connectivity index is 0.00000484. The molecule has 0 aromatic heterocycles. The number of nitrogens with one attached hydrogen (secondary N) is 1. The summed E-state index contributed by atoms with van der Waals surface area (Å²) in [7, 11) is 0. The number of carbonyl (C=O) groups excluding carboxylic acids is 1. The van der Waals surface area contributed by atoms with Crippen LogP contribution in [0.15, 0.2) is 24.3 Å². The highest BCUT2D eigenvalue weighted by Gasteiger charge is 2.10. The number of unbranched alkanes of at least 4 members (excludes halogenated alkanes) is 3. The third kappa shape index (κ3) is 9.36. The highest BCUT2D eigenvalue weighted by Crippen LogP contribution is 2.19. The molecule has 1 aromatic rings. The van der Waals surface area contributed by atoms with Gasteiger partial charge in [-0.2, -0.15) is 8.78 Å². The summed E-state index contributed by atoms with van der Waals surface area (Å²) in [6.07, 6.45) is 4.37. The number of ether oxygens (including phenoxy) is 1. The van der Waals surface area contributed by atoms with E-state index in [1.807, 2.05) is 6.92 Å². The molecule has 0 heterocycles. The Kier molecular flexibility index (Phi) is 11.3. The molecular formula is C16H25ClF2N2O2. The Labute approximate surface area is 142 Å². The molecule has 3 N–H and O–H groups in total. The molecule has 0 spiro atoms. The van der Waals surface area contributed by atoms with Crippen LogP contribution >= 0.6 is 12.4 Å². The first-order valence-corrected chi connectivity index (χ1v) is 7.57. The molecule has 1 unspecified atom stereocenters. The highest BCUT2D eigenvalue weighted by molar-refractivity contribution is 5.85. The van der Waals surface area contributed by atoms with Gasteiger partial charge in [0.25, 0.3) is 0 Å². The van der Waals surface area contributed by atoms with Crippen LogP contribution in [0.1, 0.15) is 50.6 Å². The van der Waals surface area contributed by atoms with Crippen LogP contribution in [0.5, 0.6) is 5.75 Å². The number of carbonyl (C=O) groups is 1. The van der Waals surface area contributed by atoms with Gasteiger partial charge in [0.05, 0.1) is 6.04 Å². The molecule has 0 saturated carbocycles. The van der Waals surface area contributed by atoms with Gasteiger partial charge in [0.1, 0.15) is 5.75 Å². The van der Waals surface area contributed by atoms with Crippen molar-refractivity contribution < 1.29 is 18.3 Å². The molecule has 0 radical (unpaired) electrons. The van der Waals surface area contributed by atoms with E-state index < -0.39 is 6.61 Å². The van der Waals surface area contributed by atoms with E-state index in [0.29, 0.717) is 13.0 Å². The second-order valence-corrected chi connectivity index (χ2v) is 5.19. The van der Waals surface area contributed by atoms with Crippen molar-refractivity contribution in [2.45, 2.75) is 51.7 Å². The smallest absolute Gasteiger partial charge is 0.387 e. The Morgan fingerprint density at radius 1 is 1.17 bits per heavy atom. The lowest BCUT2D eigenvalue weighted by molar-refractivity contribution is -0.121. The van der Waals surface area contributed by atoms with Crippen LogP contribution in [0.25, 0.3) is 0 Å². The van der Waals surface area contributed by atoms with Gasteiger partial charge in [-0.25, -0.2) is 0 Å². The maximum absolute atomic E-state index is 12.1. The standard InChI is InChI=1S/C16H24F2N2O2.ClH/c1-12(20-15(21)6-4-2-3-5-11-19)13-7-9-14(10-8-13)22-16(17)18;/h7-10,12,16H,2-6,11,19H2,1H3,(H,20,21);1H. The van der Waals surface area contributed by atoms with Gasteiger partial charge in [0.2, 0.25) is 5.91 Å². The van der Waals surface area contributed by atoms with Gasteiger partial charge in [-0.3, -0.25) is 4.79 Å². The number of amides is 1. The SMILES string of the molecule is CC(NC(=O)CCCCCCN)c1ccc(OC(F)F)cc1.Cl. The number of alkyl halides is 2. The van der Waals surface area contributed by atoms with Crippen LogP contribution in [-0.2, 0) is 4.79 Å². The van der Waals surface area contributed by atoms with E-state index in [4.69, 9.17) is 5.73 Å². The van der Waals surface area contributed by atoms with Gasteiger partial charge in [-0.05, 0) is 44.0 Å². The van der Waals surface area contributed by atoms with E-state index in [9.17, 15) is 13.6 Å². The van der Waals surface area contributed by atoms with Crippen LogP contribution < -0.4 is 15.8 Å². The molecule has 0 aliphatic heterocycles. The van der Waals surface area contributed by atoms with Crippen molar-refractivity contribution in [2.24, 2.45) is 5.73 Å². The zero-order valence-corrected chi connectivity index (χ0v) is 14.1. The van der Waals surface area contributed by atoms with E-state index in [-0.39, 0.29) is 30.1 Å². The largest absolute Gasteiger partial charge is 0.435 e. The summed E-state index contributed by atoms with van der Waals surface area (Å²) >= 11 is 0. The topological polar surface area (TPSA) is 64.4 Å². The quantitative estimate of drug-likeness (QED) is 0.631. The third-order valence-corrected chi connectivity index (χ3v) is 3.34. The molecule has 7 heteroatoms. The van der Waals surface area contributed by atoms with Gasteiger partial charge in [-0.1, -0.05) is 25.0 Å². The fraction of sp³-hybridized carbons (Fsp3) is 0.562.